The van der Waals surface area contributed by atoms with Crippen LogP contribution in [0.15, 0.2) is 48.5 Å². The Kier molecular flexibility index (Phi) is 4.81. The lowest BCUT2D eigenvalue weighted by Crippen LogP contribution is -2.25. The van der Waals surface area contributed by atoms with E-state index >= 15 is 0 Å². The first kappa shape index (κ1) is 15.0. The molecular formula is C15H16ClNO2S. The maximum absolute atomic E-state index is 12.1. The SMILES string of the molecule is Cc1ccccc1CS(=O)(=O)NCc1ccc(Cl)cc1. The van der Waals surface area contributed by atoms with Gasteiger partial charge in [-0.25, -0.2) is 13.1 Å². The van der Waals surface area contributed by atoms with E-state index < -0.39 is 10.0 Å². The van der Waals surface area contributed by atoms with Crippen molar-refractivity contribution in [1.82, 2.24) is 4.72 Å². The topological polar surface area (TPSA) is 46.2 Å². The molecule has 0 spiro atoms. The van der Waals surface area contributed by atoms with Gasteiger partial charge in [-0.1, -0.05) is 48.0 Å². The molecule has 2 aromatic carbocycles. The van der Waals surface area contributed by atoms with Crippen LogP contribution >= 0.6 is 11.6 Å². The largest absolute Gasteiger partial charge is 0.216 e. The molecule has 0 aliphatic rings. The summed E-state index contributed by atoms with van der Waals surface area (Å²) >= 11 is 5.79. The molecule has 5 heteroatoms. The first-order valence-electron chi connectivity index (χ1n) is 6.22. The molecule has 0 unspecified atom stereocenters. The van der Waals surface area contributed by atoms with Crippen molar-refractivity contribution in [2.45, 2.75) is 19.2 Å². The van der Waals surface area contributed by atoms with Gasteiger partial charge in [0.25, 0.3) is 0 Å². The van der Waals surface area contributed by atoms with Crippen LogP contribution in [0.3, 0.4) is 0 Å². The molecule has 20 heavy (non-hydrogen) atoms. The van der Waals surface area contributed by atoms with E-state index in [0.29, 0.717) is 5.02 Å². The lowest BCUT2D eigenvalue weighted by Gasteiger charge is -2.09. The Hall–Kier alpha value is -1.36. The summed E-state index contributed by atoms with van der Waals surface area (Å²) in [4.78, 5) is 0. The minimum atomic E-state index is -3.35. The average Bonchev–Trinajstić information content (AvgIpc) is 2.41. The lowest BCUT2D eigenvalue weighted by molar-refractivity contribution is 0.580. The number of hydrogen-bond donors (Lipinski definition) is 1. The van der Waals surface area contributed by atoms with Gasteiger partial charge in [0, 0.05) is 11.6 Å². The zero-order valence-electron chi connectivity index (χ0n) is 11.1. The van der Waals surface area contributed by atoms with Gasteiger partial charge in [0.15, 0.2) is 0 Å². The van der Waals surface area contributed by atoms with E-state index in [-0.39, 0.29) is 12.3 Å². The molecule has 106 valence electrons. The first-order valence-corrected chi connectivity index (χ1v) is 8.25. The van der Waals surface area contributed by atoms with Crippen molar-refractivity contribution in [3.8, 4) is 0 Å². The van der Waals surface area contributed by atoms with E-state index in [4.69, 9.17) is 11.6 Å². The second-order valence-corrected chi connectivity index (χ2v) is 6.88. The number of halogens is 1. The summed E-state index contributed by atoms with van der Waals surface area (Å²) < 4.78 is 26.7. The predicted molar refractivity (Wildman–Crippen MR) is 82.1 cm³/mol. The predicted octanol–water partition coefficient (Wildman–Crippen LogP) is 3.27. The lowest BCUT2D eigenvalue weighted by atomic mass is 10.1. The second-order valence-electron chi connectivity index (χ2n) is 4.63. The van der Waals surface area contributed by atoms with Crippen LogP contribution in [-0.2, 0) is 22.3 Å². The molecule has 0 saturated carbocycles. The van der Waals surface area contributed by atoms with Gasteiger partial charge in [0.2, 0.25) is 10.0 Å². The van der Waals surface area contributed by atoms with Crippen LogP contribution < -0.4 is 4.72 Å². The molecular weight excluding hydrogens is 294 g/mol. The summed E-state index contributed by atoms with van der Waals surface area (Å²) in [5.74, 6) is -0.00668. The molecule has 2 rings (SSSR count). The molecule has 0 radical (unpaired) electrons. The van der Waals surface area contributed by atoms with E-state index in [0.717, 1.165) is 16.7 Å². The Balaban J connectivity index is 2.01. The third-order valence-electron chi connectivity index (χ3n) is 3.02. The van der Waals surface area contributed by atoms with E-state index in [9.17, 15) is 8.42 Å². The summed E-state index contributed by atoms with van der Waals surface area (Å²) in [6.45, 7) is 2.18. The Morgan fingerprint density at radius 3 is 2.35 bits per heavy atom. The van der Waals surface area contributed by atoms with Crippen molar-refractivity contribution < 1.29 is 8.42 Å². The third-order valence-corrected chi connectivity index (χ3v) is 4.54. The maximum atomic E-state index is 12.1. The number of hydrogen-bond acceptors (Lipinski definition) is 2. The Labute approximate surface area is 124 Å². The van der Waals surface area contributed by atoms with Crippen molar-refractivity contribution in [3.63, 3.8) is 0 Å². The van der Waals surface area contributed by atoms with Crippen LogP contribution in [0.25, 0.3) is 0 Å². The summed E-state index contributed by atoms with van der Waals surface area (Å²) in [6.07, 6.45) is 0. The van der Waals surface area contributed by atoms with Crippen LogP contribution in [0, 0.1) is 6.92 Å². The van der Waals surface area contributed by atoms with Crippen molar-refractivity contribution in [1.29, 1.82) is 0 Å². The van der Waals surface area contributed by atoms with Gasteiger partial charge in [-0.15, -0.1) is 0 Å². The summed E-state index contributed by atoms with van der Waals surface area (Å²) in [7, 11) is -3.35. The zero-order chi connectivity index (χ0) is 14.6. The minimum absolute atomic E-state index is 0.00668. The molecule has 0 aromatic heterocycles. The molecule has 0 aliphatic heterocycles. The molecule has 0 aliphatic carbocycles. The molecule has 1 N–H and O–H groups in total. The number of benzene rings is 2. The van der Waals surface area contributed by atoms with Crippen molar-refractivity contribution in [3.05, 3.63) is 70.2 Å². The van der Waals surface area contributed by atoms with Gasteiger partial charge in [0.1, 0.15) is 0 Å². The Bertz CT molecular complexity index is 681. The van der Waals surface area contributed by atoms with Gasteiger partial charge in [-0.05, 0) is 35.7 Å². The smallest absolute Gasteiger partial charge is 0.212 e. The average molecular weight is 310 g/mol. The maximum Gasteiger partial charge on any atom is 0.216 e. The van der Waals surface area contributed by atoms with Crippen LogP contribution in [0.5, 0.6) is 0 Å². The van der Waals surface area contributed by atoms with Gasteiger partial charge in [-0.3, -0.25) is 0 Å². The fourth-order valence-corrected chi connectivity index (χ4v) is 3.17. The van der Waals surface area contributed by atoms with Crippen molar-refractivity contribution in [2.75, 3.05) is 0 Å². The monoisotopic (exact) mass is 309 g/mol. The number of aryl methyl sites for hydroxylation is 1. The van der Waals surface area contributed by atoms with Gasteiger partial charge < -0.3 is 0 Å². The second kappa shape index (κ2) is 6.39. The normalized spacial score (nSPS) is 11.5. The first-order chi connectivity index (χ1) is 9.46. The Morgan fingerprint density at radius 1 is 1.05 bits per heavy atom. The molecule has 0 bridgehead atoms. The zero-order valence-corrected chi connectivity index (χ0v) is 12.7. The van der Waals surface area contributed by atoms with E-state index in [1.807, 2.05) is 31.2 Å². The summed E-state index contributed by atoms with van der Waals surface area (Å²) in [5.41, 5.74) is 2.67. The molecule has 0 heterocycles. The Morgan fingerprint density at radius 2 is 1.70 bits per heavy atom. The van der Waals surface area contributed by atoms with E-state index in [1.165, 1.54) is 0 Å². The van der Waals surface area contributed by atoms with Crippen LogP contribution in [0.4, 0.5) is 0 Å². The van der Waals surface area contributed by atoms with E-state index in [1.54, 1.807) is 24.3 Å². The molecule has 0 atom stereocenters. The number of nitrogens with one attached hydrogen (secondary N) is 1. The highest BCUT2D eigenvalue weighted by molar-refractivity contribution is 7.88. The molecule has 3 nitrogen and oxygen atoms in total. The molecule has 2 aromatic rings. The number of rotatable bonds is 5. The highest BCUT2D eigenvalue weighted by Crippen LogP contribution is 2.12. The highest BCUT2D eigenvalue weighted by atomic mass is 35.5. The van der Waals surface area contributed by atoms with Crippen LogP contribution in [0.1, 0.15) is 16.7 Å². The quantitative estimate of drug-likeness (QED) is 0.921. The van der Waals surface area contributed by atoms with E-state index in [2.05, 4.69) is 4.72 Å². The van der Waals surface area contributed by atoms with Crippen molar-refractivity contribution >= 4 is 21.6 Å². The van der Waals surface area contributed by atoms with Crippen molar-refractivity contribution in [2.24, 2.45) is 0 Å². The fourth-order valence-electron chi connectivity index (χ4n) is 1.82. The standard InChI is InChI=1S/C15H16ClNO2S/c1-12-4-2-3-5-14(12)11-20(18,19)17-10-13-6-8-15(16)9-7-13/h2-9,17H,10-11H2,1H3. The highest BCUT2D eigenvalue weighted by Gasteiger charge is 2.12. The van der Waals surface area contributed by atoms with Crippen LogP contribution in [0.2, 0.25) is 5.02 Å². The molecule has 0 amide bonds. The fraction of sp³-hybridized carbons (Fsp3) is 0.200. The molecule has 0 saturated heterocycles. The molecule has 0 fully saturated rings. The minimum Gasteiger partial charge on any atom is -0.212 e. The van der Waals surface area contributed by atoms with Crippen LogP contribution in [-0.4, -0.2) is 8.42 Å². The van der Waals surface area contributed by atoms with Gasteiger partial charge in [-0.2, -0.15) is 0 Å². The van der Waals surface area contributed by atoms with Gasteiger partial charge in [0.05, 0.1) is 5.75 Å². The number of sulfonamides is 1. The van der Waals surface area contributed by atoms with Gasteiger partial charge >= 0.3 is 0 Å². The third kappa shape index (κ3) is 4.34. The summed E-state index contributed by atoms with van der Waals surface area (Å²) in [5, 5.41) is 0.636. The summed E-state index contributed by atoms with van der Waals surface area (Å²) in [6, 6.07) is 14.6.